The Morgan fingerprint density at radius 1 is 1.03 bits per heavy atom. The number of nitrogens with two attached hydrogens (primary N) is 1. The van der Waals surface area contributed by atoms with Crippen molar-refractivity contribution in [2.24, 2.45) is 11.1 Å². The van der Waals surface area contributed by atoms with Crippen molar-refractivity contribution in [2.45, 2.75) is 83.5 Å². The van der Waals surface area contributed by atoms with Crippen LogP contribution in [0.3, 0.4) is 0 Å². The molecule has 1 amide bonds. The number of halogens is 2. The van der Waals surface area contributed by atoms with Gasteiger partial charge in [-0.1, -0.05) is 68.2 Å². The van der Waals surface area contributed by atoms with Crippen LogP contribution >= 0.6 is 23.2 Å². The molecular formula is C30H44Cl2N4O2. The van der Waals surface area contributed by atoms with E-state index in [-0.39, 0.29) is 28.9 Å². The van der Waals surface area contributed by atoms with Gasteiger partial charge in [0.2, 0.25) is 5.91 Å². The molecule has 0 unspecified atom stereocenters. The number of carbonyl (C=O) groups excluding carboxylic acids is 1. The van der Waals surface area contributed by atoms with Crippen LogP contribution in [0, 0.1) is 5.41 Å². The molecule has 5 N–H and O–H groups in total. The third-order valence-electron chi connectivity index (χ3n) is 6.89. The van der Waals surface area contributed by atoms with Crippen molar-refractivity contribution in [3.05, 3.63) is 69.7 Å². The maximum absolute atomic E-state index is 13.7. The molecule has 3 rings (SSSR count). The predicted octanol–water partition coefficient (Wildman–Crippen LogP) is 5.58. The number of hydrogen-bond donors (Lipinski definition) is 4. The van der Waals surface area contributed by atoms with Gasteiger partial charge in [-0.3, -0.25) is 10.1 Å². The van der Waals surface area contributed by atoms with Crippen LogP contribution in [0.1, 0.15) is 71.4 Å². The first-order chi connectivity index (χ1) is 17.7. The Bertz CT molecular complexity index is 1070. The summed E-state index contributed by atoms with van der Waals surface area (Å²) in [5.74, 6) is -0.408. The summed E-state index contributed by atoms with van der Waals surface area (Å²) in [6.07, 6.45) is 1.56. The van der Waals surface area contributed by atoms with Gasteiger partial charge in [-0.2, -0.15) is 0 Å². The van der Waals surface area contributed by atoms with Crippen molar-refractivity contribution in [1.29, 1.82) is 0 Å². The average Bonchev–Trinajstić information content (AvgIpc) is 3.09. The fraction of sp³-hybridized carbons (Fsp3) is 0.567. The lowest BCUT2D eigenvalue weighted by Crippen LogP contribution is -2.51. The minimum atomic E-state index is -0.865. The van der Waals surface area contributed by atoms with Gasteiger partial charge in [0.25, 0.3) is 0 Å². The lowest BCUT2D eigenvalue weighted by atomic mass is 9.68. The normalized spacial score (nSPS) is 24.0. The molecular weight excluding hydrogens is 519 g/mol. The molecule has 1 saturated heterocycles. The summed E-state index contributed by atoms with van der Waals surface area (Å²) in [5, 5.41) is 11.3. The average molecular weight is 564 g/mol. The number of benzene rings is 2. The van der Waals surface area contributed by atoms with Crippen LogP contribution in [0.25, 0.3) is 0 Å². The second-order valence-electron chi connectivity index (χ2n) is 12.5. The fourth-order valence-corrected chi connectivity index (χ4v) is 5.50. The van der Waals surface area contributed by atoms with Crippen LogP contribution in [0.4, 0.5) is 0 Å². The van der Waals surface area contributed by atoms with Gasteiger partial charge in [-0.05, 0) is 81.0 Å². The van der Waals surface area contributed by atoms with Gasteiger partial charge in [-0.15, -0.1) is 0 Å². The maximum atomic E-state index is 13.7. The quantitative estimate of drug-likeness (QED) is 0.224. The molecule has 0 bridgehead atoms. The van der Waals surface area contributed by atoms with E-state index in [9.17, 15) is 4.79 Å². The van der Waals surface area contributed by atoms with E-state index < -0.39 is 11.6 Å². The molecule has 0 spiro atoms. The fourth-order valence-electron chi connectivity index (χ4n) is 5.17. The summed E-state index contributed by atoms with van der Waals surface area (Å²) >= 11 is 12.7. The molecule has 4 atom stereocenters. The van der Waals surface area contributed by atoms with Gasteiger partial charge in [0, 0.05) is 28.5 Å². The molecule has 2 aromatic carbocycles. The second kappa shape index (κ2) is 12.7. The van der Waals surface area contributed by atoms with Crippen LogP contribution in [-0.2, 0) is 15.1 Å². The lowest BCUT2D eigenvalue weighted by molar-refractivity contribution is -0.123. The van der Waals surface area contributed by atoms with Crippen LogP contribution < -0.4 is 21.7 Å². The first-order valence-electron chi connectivity index (χ1n) is 13.4. The van der Waals surface area contributed by atoms with Crippen molar-refractivity contribution < 1.29 is 9.53 Å². The van der Waals surface area contributed by atoms with Crippen LogP contribution in [0.5, 0.6) is 0 Å². The van der Waals surface area contributed by atoms with E-state index in [4.69, 9.17) is 33.7 Å². The van der Waals surface area contributed by atoms with E-state index in [1.54, 1.807) is 0 Å². The summed E-state index contributed by atoms with van der Waals surface area (Å²) in [7, 11) is 0. The summed E-state index contributed by atoms with van der Waals surface area (Å²) in [4.78, 5) is 13.7. The predicted molar refractivity (Wildman–Crippen MR) is 158 cm³/mol. The monoisotopic (exact) mass is 562 g/mol. The Morgan fingerprint density at radius 2 is 1.71 bits per heavy atom. The SMILES string of the molecule is CC(C)(C)C[C@@H]1N[C@@H](C(=O)NCCCNCOC(C)(C)C)[C@H](c2cccc(Cl)c2)[C@@]1(N)c1ccc(Cl)cc1. The molecule has 8 heteroatoms. The first-order valence-corrected chi connectivity index (χ1v) is 14.2. The molecule has 2 aromatic rings. The highest BCUT2D eigenvalue weighted by Gasteiger charge is 2.56. The second-order valence-corrected chi connectivity index (χ2v) is 13.4. The van der Waals surface area contributed by atoms with E-state index in [1.165, 1.54) is 0 Å². The molecule has 1 aliphatic rings. The maximum Gasteiger partial charge on any atom is 0.237 e. The third-order valence-corrected chi connectivity index (χ3v) is 7.38. The van der Waals surface area contributed by atoms with Crippen molar-refractivity contribution in [2.75, 3.05) is 19.8 Å². The summed E-state index contributed by atoms with van der Waals surface area (Å²) < 4.78 is 5.69. The van der Waals surface area contributed by atoms with E-state index in [0.717, 1.165) is 30.5 Å². The minimum Gasteiger partial charge on any atom is -0.361 e. The van der Waals surface area contributed by atoms with Crippen LogP contribution in [0.15, 0.2) is 48.5 Å². The van der Waals surface area contributed by atoms with Gasteiger partial charge in [0.15, 0.2) is 0 Å². The van der Waals surface area contributed by atoms with Gasteiger partial charge in [0.05, 0.1) is 23.9 Å². The summed E-state index contributed by atoms with van der Waals surface area (Å²) in [6.45, 7) is 14.4. The van der Waals surface area contributed by atoms with Gasteiger partial charge in [-0.25, -0.2) is 0 Å². The molecule has 1 fully saturated rings. The van der Waals surface area contributed by atoms with Crippen LogP contribution in [-0.4, -0.2) is 43.4 Å². The molecule has 38 heavy (non-hydrogen) atoms. The smallest absolute Gasteiger partial charge is 0.237 e. The van der Waals surface area contributed by atoms with Crippen molar-refractivity contribution in [3.63, 3.8) is 0 Å². The Hall–Kier alpha value is -1.67. The Morgan fingerprint density at radius 3 is 2.32 bits per heavy atom. The lowest BCUT2D eigenvalue weighted by Gasteiger charge is -2.39. The summed E-state index contributed by atoms with van der Waals surface area (Å²) in [6, 6.07) is 14.7. The molecule has 6 nitrogen and oxygen atoms in total. The third kappa shape index (κ3) is 8.17. The molecule has 0 radical (unpaired) electrons. The molecule has 0 aliphatic carbocycles. The summed E-state index contributed by atoms with van der Waals surface area (Å²) in [5.41, 5.74) is 8.23. The van der Waals surface area contributed by atoms with E-state index in [0.29, 0.717) is 23.3 Å². The van der Waals surface area contributed by atoms with Crippen LogP contribution in [0.2, 0.25) is 10.0 Å². The minimum absolute atomic E-state index is 0.0141. The highest BCUT2D eigenvalue weighted by molar-refractivity contribution is 6.30. The first kappa shape index (κ1) is 30.9. The highest BCUT2D eigenvalue weighted by atomic mass is 35.5. The Kier molecular flexibility index (Phi) is 10.3. The zero-order valence-electron chi connectivity index (χ0n) is 23.5. The largest absolute Gasteiger partial charge is 0.361 e. The Balaban J connectivity index is 1.86. The van der Waals surface area contributed by atoms with Crippen molar-refractivity contribution >= 4 is 29.1 Å². The Labute approximate surface area is 238 Å². The molecule has 1 aliphatic heterocycles. The molecule has 1 heterocycles. The number of hydrogen-bond acceptors (Lipinski definition) is 5. The van der Waals surface area contributed by atoms with E-state index in [1.807, 2.05) is 69.3 Å². The number of nitrogens with one attached hydrogen (secondary N) is 3. The van der Waals surface area contributed by atoms with Crippen molar-refractivity contribution in [3.8, 4) is 0 Å². The van der Waals surface area contributed by atoms with Gasteiger partial charge in [0.1, 0.15) is 0 Å². The zero-order valence-corrected chi connectivity index (χ0v) is 25.0. The topological polar surface area (TPSA) is 88.4 Å². The zero-order chi connectivity index (χ0) is 28.1. The van der Waals surface area contributed by atoms with Gasteiger partial charge < -0.3 is 21.1 Å². The standard InChI is InChI=1S/C30H44Cl2N4O2/c1-28(2,3)18-24-30(33,21-11-13-22(31)14-12-21)25(20-9-7-10-23(32)17-20)26(36-24)27(37)35-16-8-15-34-19-38-29(4,5)6/h7,9-14,17,24-26,34,36H,8,15-16,18-19,33H2,1-6H3,(H,35,37)/t24-,25-,26+,30+/m0/s1. The van der Waals surface area contributed by atoms with E-state index >= 15 is 0 Å². The van der Waals surface area contributed by atoms with Gasteiger partial charge >= 0.3 is 0 Å². The molecule has 210 valence electrons. The molecule has 0 saturated carbocycles. The number of amides is 1. The highest BCUT2D eigenvalue weighted by Crippen LogP contribution is 2.48. The number of ether oxygens (including phenoxy) is 1. The van der Waals surface area contributed by atoms with E-state index in [2.05, 4.69) is 36.7 Å². The number of rotatable bonds is 10. The number of carbonyl (C=O) groups is 1. The molecule has 0 aromatic heterocycles. The van der Waals surface area contributed by atoms with Crippen molar-refractivity contribution in [1.82, 2.24) is 16.0 Å².